The average Bonchev–Trinajstić information content (AvgIpc) is 3.87. The highest BCUT2D eigenvalue weighted by Gasteiger charge is 2.63. The molecule has 0 bridgehead atoms. The first-order valence-electron chi connectivity index (χ1n) is 17.3. The van der Waals surface area contributed by atoms with E-state index in [9.17, 15) is 0 Å². The molecular formula is C34H61Al2B3BrN4O6-. The lowest BCUT2D eigenvalue weighted by Gasteiger charge is -2.32. The van der Waals surface area contributed by atoms with Crippen LogP contribution in [0.2, 0.25) is 0 Å². The zero-order valence-electron chi connectivity index (χ0n) is 31.5. The summed E-state index contributed by atoms with van der Waals surface area (Å²) < 4.78 is 37.2. The highest BCUT2D eigenvalue weighted by molar-refractivity contribution is 9.10. The van der Waals surface area contributed by atoms with Crippen LogP contribution < -0.4 is 5.46 Å². The van der Waals surface area contributed by atoms with Crippen molar-refractivity contribution in [3.05, 3.63) is 39.9 Å². The minimum Gasteiger partial charge on any atom is -0.405 e. The molecule has 2 saturated carbocycles. The van der Waals surface area contributed by atoms with Gasteiger partial charge in [-0.2, -0.15) is 0 Å². The topological polar surface area (TPSA) is 107 Å². The van der Waals surface area contributed by atoms with E-state index in [0.29, 0.717) is 11.8 Å². The second kappa shape index (κ2) is 15.4. The van der Waals surface area contributed by atoms with Gasteiger partial charge in [0.25, 0.3) is 0 Å². The Balaban J connectivity index is 0.000000205. The van der Waals surface area contributed by atoms with E-state index in [1.54, 1.807) is 12.7 Å². The molecule has 0 aromatic carbocycles. The van der Waals surface area contributed by atoms with Crippen LogP contribution in [-0.4, -0.2) is 109 Å². The van der Waals surface area contributed by atoms with Gasteiger partial charge in [-0.05, 0) is 139 Å². The molecular weight excluding hydrogens is 727 g/mol. The summed E-state index contributed by atoms with van der Waals surface area (Å²) in [6.45, 7) is 28.5. The number of rotatable bonds is 4. The summed E-state index contributed by atoms with van der Waals surface area (Å²) in [7, 11) is -1.30. The Hall–Kier alpha value is -0.340. The first-order chi connectivity index (χ1) is 22.0. The number of hydrogen-bond acceptors (Lipinski definition) is 10. The summed E-state index contributed by atoms with van der Waals surface area (Å²) in [6.07, 6.45) is 8.29. The van der Waals surface area contributed by atoms with E-state index in [-0.39, 0.29) is 75.4 Å². The van der Waals surface area contributed by atoms with Gasteiger partial charge in [0.05, 0.1) is 49.5 Å². The Morgan fingerprint density at radius 3 is 1.24 bits per heavy atom. The molecule has 0 atom stereocenters. The Kier molecular flexibility index (Phi) is 13.6. The van der Waals surface area contributed by atoms with E-state index in [2.05, 4.69) is 63.6 Å². The minimum absolute atomic E-state index is 0. The van der Waals surface area contributed by atoms with Crippen LogP contribution in [0.25, 0.3) is 0 Å². The van der Waals surface area contributed by atoms with Crippen molar-refractivity contribution < 1.29 is 27.9 Å². The Morgan fingerprint density at radius 1 is 0.540 bits per heavy atom. The van der Waals surface area contributed by atoms with Crippen LogP contribution in [0.1, 0.15) is 143 Å². The zero-order chi connectivity index (χ0) is 35.7. The second-order valence-corrected chi connectivity index (χ2v) is 17.6. The molecule has 10 nitrogen and oxygen atoms in total. The fourth-order valence-corrected chi connectivity index (χ4v) is 6.08. The number of nitrogens with zero attached hydrogens (tertiary/aromatic N) is 4. The SMILES string of the molecule is CC1(C)OB(B2OC(C)(C)C(C)(C)O2)OC1(C)C.Cc1ncnc(C2CC2)c1B1OC(C)(C)C(C)(C)O1.Cc1ncnc(C2CC2)c1Br.[AlH3].[AlH4-]. The standard InChI is InChI=1S/C14H21BN2O2.C12H24B2O4.C8H9BrN2.2Al.7H/c1-9-11(12(10-6-7-10)17-8-16-9)15-18-13(2,3)14(4,5)19-15;1-9(2)10(3,4)16-13(15-9)14-17-11(5,6)12(7,8)18-14;1-5-7(9)8(6-2-3-6)11-4-10-5;;;;;;;;;/h8,10H,6-7H2,1-5H3;1-8H3;4,6H,2-3H2,1H3;;;;;;;;;/q;;;;-1;;;;;;;. The van der Waals surface area contributed by atoms with Gasteiger partial charge in [-0.25, -0.2) is 19.9 Å². The van der Waals surface area contributed by atoms with Crippen molar-refractivity contribution in [1.82, 2.24) is 19.9 Å². The van der Waals surface area contributed by atoms with Crippen molar-refractivity contribution in [2.45, 2.75) is 168 Å². The fraction of sp³-hybridized carbons (Fsp3) is 0.765. The van der Waals surface area contributed by atoms with Crippen LogP contribution in [0.4, 0.5) is 0 Å². The molecule has 276 valence electrons. The maximum Gasteiger partial charge on any atom is 0.498 e. The quantitative estimate of drug-likeness (QED) is 0.423. The van der Waals surface area contributed by atoms with E-state index < -0.39 is 14.0 Å². The molecule has 2 aromatic rings. The van der Waals surface area contributed by atoms with Gasteiger partial charge >= 0.3 is 21.1 Å². The first kappa shape index (κ1) is 44.1. The van der Waals surface area contributed by atoms with Crippen molar-refractivity contribution >= 4 is 77.3 Å². The Morgan fingerprint density at radius 2 is 0.860 bits per heavy atom. The molecule has 0 spiro atoms. The molecule has 50 heavy (non-hydrogen) atoms. The maximum absolute atomic E-state index is 6.15. The summed E-state index contributed by atoms with van der Waals surface area (Å²) in [5.74, 6) is 1.27. The molecule has 5 heterocycles. The van der Waals surface area contributed by atoms with E-state index in [0.717, 1.165) is 27.0 Å². The van der Waals surface area contributed by atoms with Crippen LogP contribution in [0, 0.1) is 13.8 Å². The monoisotopic (exact) mass is 787 g/mol. The minimum atomic E-state index is -0.476. The van der Waals surface area contributed by atoms with E-state index in [4.69, 9.17) is 27.9 Å². The van der Waals surface area contributed by atoms with Gasteiger partial charge in [0, 0.05) is 46.0 Å². The lowest BCUT2D eigenvalue weighted by molar-refractivity contribution is 0.00578. The Bertz CT molecular complexity index is 1430. The summed E-state index contributed by atoms with van der Waals surface area (Å²) in [5, 5.41) is 0. The van der Waals surface area contributed by atoms with Gasteiger partial charge in [-0.15, -0.1) is 0 Å². The first-order valence-corrected chi connectivity index (χ1v) is 18.1. The summed E-state index contributed by atoms with van der Waals surface area (Å²) in [6, 6.07) is 0. The normalized spacial score (nSPS) is 24.7. The molecule has 16 heteroatoms. The van der Waals surface area contributed by atoms with Crippen LogP contribution >= 0.6 is 15.9 Å². The van der Waals surface area contributed by atoms with Crippen molar-refractivity contribution in [2.75, 3.05) is 0 Å². The molecule has 2 aromatic heterocycles. The second-order valence-electron chi connectivity index (χ2n) is 16.8. The van der Waals surface area contributed by atoms with Crippen LogP contribution in [-0.2, 0) is 27.9 Å². The molecule has 7 rings (SSSR count). The number of aryl methyl sites for hydroxylation is 2. The van der Waals surface area contributed by atoms with E-state index in [1.807, 2.05) is 69.2 Å². The summed E-state index contributed by atoms with van der Waals surface area (Å²) in [5.41, 5.74) is 3.29. The predicted octanol–water partition coefficient (Wildman–Crippen LogP) is 4.00. The predicted molar refractivity (Wildman–Crippen MR) is 214 cm³/mol. The Labute approximate surface area is 331 Å². The van der Waals surface area contributed by atoms with Crippen LogP contribution in [0.15, 0.2) is 17.1 Å². The number of aromatic nitrogens is 4. The molecule has 3 aliphatic heterocycles. The average molecular weight is 788 g/mol. The molecule has 2 aliphatic carbocycles. The smallest absolute Gasteiger partial charge is 0.405 e. The van der Waals surface area contributed by atoms with Crippen LogP contribution in [0.5, 0.6) is 0 Å². The van der Waals surface area contributed by atoms with Gasteiger partial charge in [0.2, 0.25) is 0 Å². The third-order valence-electron chi connectivity index (χ3n) is 11.3. The largest absolute Gasteiger partial charge is 0.498 e. The fourth-order valence-electron chi connectivity index (χ4n) is 5.55. The number of hydrogen-bond donors (Lipinski definition) is 0. The molecule has 0 N–H and O–H groups in total. The van der Waals surface area contributed by atoms with Crippen molar-refractivity contribution in [3.63, 3.8) is 0 Å². The zero-order valence-corrected chi connectivity index (χ0v) is 33.1. The van der Waals surface area contributed by atoms with Gasteiger partial charge in [0.1, 0.15) is 12.7 Å². The lowest BCUT2D eigenvalue weighted by atomic mass is 9.49. The van der Waals surface area contributed by atoms with Gasteiger partial charge < -0.3 is 27.9 Å². The van der Waals surface area contributed by atoms with E-state index >= 15 is 0 Å². The summed E-state index contributed by atoms with van der Waals surface area (Å²) in [4.78, 5) is 17.1. The maximum atomic E-state index is 6.15. The third kappa shape index (κ3) is 9.12. The van der Waals surface area contributed by atoms with Gasteiger partial charge in [-0.3, -0.25) is 0 Å². The van der Waals surface area contributed by atoms with Crippen molar-refractivity contribution in [1.29, 1.82) is 0 Å². The van der Waals surface area contributed by atoms with Crippen molar-refractivity contribution in [3.8, 4) is 0 Å². The highest BCUT2D eigenvalue weighted by atomic mass is 79.9. The van der Waals surface area contributed by atoms with Gasteiger partial charge in [-0.1, -0.05) is 0 Å². The van der Waals surface area contributed by atoms with E-state index in [1.165, 1.54) is 31.4 Å². The molecule has 5 aliphatic rings. The lowest BCUT2D eigenvalue weighted by Crippen LogP contribution is -2.41. The van der Waals surface area contributed by atoms with Crippen LogP contribution in [0.3, 0.4) is 0 Å². The molecule has 3 saturated heterocycles. The molecule has 0 amide bonds. The van der Waals surface area contributed by atoms with Crippen molar-refractivity contribution in [2.24, 2.45) is 0 Å². The third-order valence-corrected chi connectivity index (χ3v) is 12.3. The number of halogens is 1. The molecule has 5 fully saturated rings. The molecule has 0 radical (unpaired) electrons. The molecule has 0 unspecified atom stereocenters. The van der Waals surface area contributed by atoms with Gasteiger partial charge in [0.15, 0.2) is 17.4 Å². The highest BCUT2D eigenvalue weighted by Crippen LogP contribution is 2.44. The summed E-state index contributed by atoms with van der Waals surface area (Å²) >= 11 is 3.50.